The zero-order chi connectivity index (χ0) is 17.9. The van der Waals surface area contributed by atoms with E-state index in [4.69, 9.17) is 4.74 Å². The second kappa shape index (κ2) is 11.2. The summed E-state index contributed by atoms with van der Waals surface area (Å²) in [5.74, 6) is 0.551. The smallest absolute Gasteiger partial charge is 0.220 e. The molecule has 6 heteroatoms. The molecule has 0 bridgehead atoms. The summed E-state index contributed by atoms with van der Waals surface area (Å²) >= 11 is 0. The molecule has 1 aliphatic rings. The second-order valence-corrected chi connectivity index (χ2v) is 6.87. The van der Waals surface area contributed by atoms with Crippen molar-refractivity contribution in [3.05, 3.63) is 0 Å². The number of hydrogen-bond donors (Lipinski definition) is 2. The Labute approximate surface area is 145 Å². The van der Waals surface area contributed by atoms with E-state index in [-0.39, 0.29) is 29.7 Å². The Kier molecular flexibility index (Phi) is 9.60. The van der Waals surface area contributed by atoms with Gasteiger partial charge in [0.15, 0.2) is 0 Å². The Morgan fingerprint density at radius 1 is 1.04 bits per heavy atom. The van der Waals surface area contributed by atoms with Gasteiger partial charge < -0.3 is 15.4 Å². The molecule has 1 aliphatic carbocycles. The SMILES string of the molecule is COCCNC(=O)CCCC(=O)NC1CCC(C(=O)C(C)C)CC1. The van der Waals surface area contributed by atoms with Crippen LogP contribution in [0.15, 0.2) is 0 Å². The summed E-state index contributed by atoms with van der Waals surface area (Å²) < 4.78 is 4.85. The number of Topliss-reactive ketones (excluding diaryl/α,β-unsaturated/α-hetero) is 1. The summed E-state index contributed by atoms with van der Waals surface area (Å²) in [5.41, 5.74) is 0. The lowest BCUT2D eigenvalue weighted by atomic mass is 9.80. The van der Waals surface area contributed by atoms with E-state index in [1.54, 1.807) is 7.11 Å². The van der Waals surface area contributed by atoms with Gasteiger partial charge in [0.25, 0.3) is 0 Å². The molecule has 2 amide bonds. The third kappa shape index (κ3) is 7.90. The lowest BCUT2D eigenvalue weighted by Gasteiger charge is -2.29. The zero-order valence-electron chi connectivity index (χ0n) is 15.2. The number of methoxy groups -OCH3 is 1. The van der Waals surface area contributed by atoms with Crippen molar-refractivity contribution >= 4 is 17.6 Å². The molecule has 0 atom stereocenters. The fourth-order valence-corrected chi connectivity index (χ4v) is 3.08. The Bertz CT molecular complexity index is 415. The Hall–Kier alpha value is -1.43. The number of ether oxygens (including phenoxy) is 1. The van der Waals surface area contributed by atoms with Gasteiger partial charge in [-0.15, -0.1) is 0 Å². The van der Waals surface area contributed by atoms with Crippen LogP contribution in [-0.4, -0.2) is 43.9 Å². The van der Waals surface area contributed by atoms with Crippen LogP contribution in [0.2, 0.25) is 0 Å². The van der Waals surface area contributed by atoms with E-state index in [1.807, 2.05) is 13.8 Å². The van der Waals surface area contributed by atoms with Gasteiger partial charge in [0.2, 0.25) is 11.8 Å². The average Bonchev–Trinajstić information content (AvgIpc) is 2.55. The Balaban J connectivity index is 2.14. The van der Waals surface area contributed by atoms with Gasteiger partial charge in [0, 0.05) is 44.4 Å². The number of ketones is 1. The Morgan fingerprint density at radius 2 is 1.67 bits per heavy atom. The maximum absolute atomic E-state index is 12.0. The summed E-state index contributed by atoms with van der Waals surface area (Å²) in [6.07, 6.45) is 4.73. The maximum Gasteiger partial charge on any atom is 0.220 e. The topological polar surface area (TPSA) is 84.5 Å². The van der Waals surface area contributed by atoms with Gasteiger partial charge in [-0.2, -0.15) is 0 Å². The molecule has 138 valence electrons. The summed E-state index contributed by atoms with van der Waals surface area (Å²) in [6.45, 7) is 4.89. The number of rotatable bonds is 10. The largest absolute Gasteiger partial charge is 0.383 e. The van der Waals surface area contributed by atoms with E-state index in [1.165, 1.54) is 0 Å². The first-order chi connectivity index (χ1) is 11.4. The monoisotopic (exact) mass is 340 g/mol. The second-order valence-electron chi connectivity index (χ2n) is 6.87. The number of carbonyl (C=O) groups excluding carboxylic acids is 3. The van der Waals surface area contributed by atoms with Crippen molar-refractivity contribution < 1.29 is 19.1 Å². The molecular formula is C18H32N2O4. The molecule has 6 nitrogen and oxygen atoms in total. The zero-order valence-corrected chi connectivity index (χ0v) is 15.2. The normalized spacial score (nSPS) is 20.7. The molecule has 0 heterocycles. The van der Waals surface area contributed by atoms with Crippen molar-refractivity contribution in [3.8, 4) is 0 Å². The fraction of sp³-hybridized carbons (Fsp3) is 0.833. The summed E-state index contributed by atoms with van der Waals surface area (Å²) in [6, 6.07) is 0.171. The number of hydrogen-bond acceptors (Lipinski definition) is 4. The fourth-order valence-electron chi connectivity index (χ4n) is 3.08. The van der Waals surface area contributed by atoms with Gasteiger partial charge >= 0.3 is 0 Å². The van der Waals surface area contributed by atoms with Crippen LogP contribution < -0.4 is 10.6 Å². The highest BCUT2D eigenvalue weighted by molar-refractivity contribution is 5.83. The summed E-state index contributed by atoms with van der Waals surface area (Å²) in [7, 11) is 1.59. The molecule has 1 rings (SSSR count). The number of amides is 2. The van der Waals surface area contributed by atoms with E-state index in [0.29, 0.717) is 38.2 Å². The van der Waals surface area contributed by atoms with Crippen molar-refractivity contribution in [2.45, 2.75) is 64.8 Å². The molecule has 0 radical (unpaired) electrons. The van der Waals surface area contributed by atoms with Crippen LogP contribution in [0.4, 0.5) is 0 Å². The minimum atomic E-state index is -0.0486. The molecule has 0 aromatic heterocycles. The van der Waals surface area contributed by atoms with Gasteiger partial charge in [-0.25, -0.2) is 0 Å². The molecule has 2 N–H and O–H groups in total. The number of carbonyl (C=O) groups is 3. The van der Waals surface area contributed by atoms with Crippen LogP contribution in [0.3, 0.4) is 0 Å². The molecule has 1 saturated carbocycles. The lowest BCUT2D eigenvalue weighted by molar-refractivity contribution is -0.127. The molecule has 24 heavy (non-hydrogen) atoms. The molecule has 0 unspecified atom stereocenters. The first kappa shape index (κ1) is 20.6. The highest BCUT2D eigenvalue weighted by Gasteiger charge is 2.28. The average molecular weight is 340 g/mol. The van der Waals surface area contributed by atoms with Crippen LogP contribution in [0, 0.1) is 11.8 Å². The van der Waals surface area contributed by atoms with Crippen molar-refractivity contribution in [1.82, 2.24) is 10.6 Å². The van der Waals surface area contributed by atoms with Crippen LogP contribution >= 0.6 is 0 Å². The standard InChI is InChI=1S/C18H32N2O4/c1-13(2)18(23)14-7-9-15(10-8-14)20-17(22)6-4-5-16(21)19-11-12-24-3/h13-15H,4-12H2,1-3H3,(H,19,21)(H,20,22). The van der Waals surface area contributed by atoms with E-state index in [0.717, 1.165) is 25.7 Å². The Morgan fingerprint density at radius 3 is 2.25 bits per heavy atom. The van der Waals surface area contributed by atoms with E-state index >= 15 is 0 Å². The molecular weight excluding hydrogens is 308 g/mol. The van der Waals surface area contributed by atoms with Gasteiger partial charge in [-0.05, 0) is 32.1 Å². The molecule has 1 fully saturated rings. The molecule has 0 aromatic carbocycles. The molecule has 0 saturated heterocycles. The molecule has 0 aromatic rings. The summed E-state index contributed by atoms with van der Waals surface area (Å²) in [5, 5.41) is 5.77. The van der Waals surface area contributed by atoms with Gasteiger partial charge in [0.05, 0.1) is 6.61 Å². The molecule has 0 spiro atoms. The minimum absolute atomic E-state index is 0.00155. The first-order valence-corrected chi connectivity index (χ1v) is 9.02. The van der Waals surface area contributed by atoms with E-state index in [9.17, 15) is 14.4 Å². The van der Waals surface area contributed by atoms with Crippen molar-refractivity contribution in [2.75, 3.05) is 20.3 Å². The van der Waals surface area contributed by atoms with Crippen molar-refractivity contribution in [2.24, 2.45) is 11.8 Å². The lowest BCUT2D eigenvalue weighted by Crippen LogP contribution is -2.39. The van der Waals surface area contributed by atoms with Crippen LogP contribution in [0.1, 0.15) is 58.8 Å². The predicted octanol–water partition coefficient (Wildman–Crippen LogP) is 1.82. The summed E-state index contributed by atoms with van der Waals surface area (Å²) in [4.78, 5) is 35.5. The quantitative estimate of drug-likeness (QED) is 0.594. The highest BCUT2D eigenvalue weighted by atomic mass is 16.5. The van der Waals surface area contributed by atoms with Crippen LogP contribution in [-0.2, 0) is 19.1 Å². The maximum atomic E-state index is 12.0. The molecule has 0 aliphatic heterocycles. The third-order valence-corrected chi connectivity index (χ3v) is 4.50. The van der Waals surface area contributed by atoms with Gasteiger partial charge in [0.1, 0.15) is 5.78 Å². The minimum Gasteiger partial charge on any atom is -0.383 e. The highest BCUT2D eigenvalue weighted by Crippen LogP contribution is 2.27. The number of nitrogens with one attached hydrogen (secondary N) is 2. The van der Waals surface area contributed by atoms with Crippen LogP contribution in [0.5, 0.6) is 0 Å². The third-order valence-electron chi connectivity index (χ3n) is 4.50. The van der Waals surface area contributed by atoms with Crippen molar-refractivity contribution in [1.29, 1.82) is 0 Å². The van der Waals surface area contributed by atoms with E-state index < -0.39 is 0 Å². The van der Waals surface area contributed by atoms with Gasteiger partial charge in [-0.3, -0.25) is 14.4 Å². The van der Waals surface area contributed by atoms with E-state index in [2.05, 4.69) is 10.6 Å². The van der Waals surface area contributed by atoms with Crippen LogP contribution in [0.25, 0.3) is 0 Å². The predicted molar refractivity (Wildman–Crippen MR) is 92.5 cm³/mol. The van der Waals surface area contributed by atoms with Gasteiger partial charge in [-0.1, -0.05) is 13.8 Å². The van der Waals surface area contributed by atoms with Crippen molar-refractivity contribution in [3.63, 3.8) is 0 Å². The first-order valence-electron chi connectivity index (χ1n) is 9.02.